The Morgan fingerprint density at radius 1 is 0.720 bits per heavy atom. The van der Waals surface area contributed by atoms with Crippen molar-refractivity contribution >= 4 is 33.2 Å². The van der Waals surface area contributed by atoms with Crippen LogP contribution >= 0.6 is 0 Å². The summed E-state index contributed by atoms with van der Waals surface area (Å²) in [6.45, 7) is 6.55. The first kappa shape index (κ1) is 31.4. The minimum absolute atomic E-state index is 0.0599. The third-order valence-electron chi connectivity index (χ3n) is 10.3. The maximum absolute atomic E-state index is 7.18. The number of hydrogen-bond acceptors (Lipinski definition) is 1. The molecule has 242 valence electrons. The number of fused-ring (bicyclic) bond motifs is 3. The zero-order valence-electron chi connectivity index (χ0n) is 28.6. The van der Waals surface area contributed by atoms with Crippen LogP contribution in [0.2, 0.25) is 0 Å². The van der Waals surface area contributed by atoms with Crippen LogP contribution in [-0.4, -0.2) is 0 Å². The van der Waals surface area contributed by atoms with Gasteiger partial charge in [0.05, 0.1) is 0 Å². The van der Waals surface area contributed by atoms with Crippen LogP contribution in [0, 0.1) is 0 Å². The molecule has 2 aliphatic carbocycles. The molecule has 2 aliphatic rings. The van der Waals surface area contributed by atoms with Crippen LogP contribution in [0.5, 0.6) is 0 Å². The molecule has 0 radical (unpaired) electrons. The molecule has 1 nitrogen and oxygen atoms in total. The fraction of sp³-hybridized carbons (Fsp3) is 0.102. The molecule has 6 aromatic rings. The molecule has 0 heterocycles. The highest BCUT2D eigenvalue weighted by molar-refractivity contribution is 6.22. The van der Waals surface area contributed by atoms with Gasteiger partial charge in [-0.25, -0.2) is 0 Å². The van der Waals surface area contributed by atoms with Gasteiger partial charge in [-0.3, -0.25) is 0 Å². The van der Waals surface area contributed by atoms with Crippen LogP contribution in [0.15, 0.2) is 181 Å². The van der Waals surface area contributed by atoms with Gasteiger partial charge in [0.1, 0.15) is 0 Å². The first-order valence-electron chi connectivity index (χ1n) is 17.7. The number of rotatable bonds is 6. The zero-order chi connectivity index (χ0) is 34.0. The summed E-state index contributed by atoms with van der Waals surface area (Å²) in [7, 11) is 0. The molecule has 50 heavy (non-hydrogen) atoms. The van der Waals surface area contributed by atoms with E-state index in [4.69, 9.17) is 5.73 Å². The molecule has 0 bridgehead atoms. The number of benzene rings is 6. The van der Waals surface area contributed by atoms with Crippen molar-refractivity contribution < 1.29 is 0 Å². The predicted molar refractivity (Wildman–Crippen MR) is 216 cm³/mol. The second kappa shape index (κ2) is 13.5. The lowest BCUT2D eigenvalue weighted by Crippen LogP contribution is -2.12. The van der Waals surface area contributed by atoms with Crippen molar-refractivity contribution in [3.05, 3.63) is 203 Å². The summed E-state index contributed by atoms with van der Waals surface area (Å²) in [6.07, 6.45) is 18.4. The number of hydrogen-bond donors (Lipinski definition) is 1. The standard InChI is InChI=1S/C49H41N/c1-3-34(31-39-27-25-33(2)26-30-41(49(39)50)38-29-28-35-15-7-8-18-37(35)32-38)40-19-9-10-20-42(40)48-45-23-13-11-21-43(45)47(36-16-5-4-6-17-36)44-22-12-14-24-46(44)48/h4-6,8-14,16-32,41H,2-3,7,15,50H2,1H3/b27-25-,30-26-,34-31+,49-39-. The minimum atomic E-state index is -0.0599. The fourth-order valence-corrected chi connectivity index (χ4v) is 7.79. The molecule has 0 amide bonds. The summed E-state index contributed by atoms with van der Waals surface area (Å²) in [4.78, 5) is 0. The van der Waals surface area contributed by atoms with Crippen LogP contribution < -0.4 is 5.73 Å². The van der Waals surface area contributed by atoms with Gasteiger partial charge in [0.15, 0.2) is 0 Å². The lowest BCUT2D eigenvalue weighted by atomic mass is 9.83. The van der Waals surface area contributed by atoms with Crippen LogP contribution in [0.25, 0.3) is 55.4 Å². The van der Waals surface area contributed by atoms with Crippen LogP contribution in [0.3, 0.4) is 0 Å². The van der Waals surface area contributed by atoms with Crippen molar-refractivity contribution in [2.75, 3.05) is 0 Å². The van der Waals surface area contributed by atoms with Gasteiger partial charge in [0.2, 0.25) is 0 Å². The molecular weight excluding hydrogens is 603 g/mol. The normalized spacial score (nSPS) is 18.9. The highest BCUT2D eigenvalue weighted by Crippen LogP contribution is 2.45. The average Bonchev–Trinajstić information content (AvgIpc) is 3.17. The van der Waals surface area contributed by atoms with Crippen LogP contribution in [-0.2, 0) is 6.42 Å². The zero-order valence-corrected chi connectivity index (χ0v) is 28.6. The van der Waals surface area contributed by atoms with Crippen molar-refractivity contribution in [1.29, 1.82) is 0 Å². The summed E-state index contributed by atoms with van der Waals surface area (Å²) in [5, 5.41) is 5.01. The Morgan fingerprint density at radius 3 is 2.10 bits per heavy atom. The Kier molecular flexibility index (Phi) is 8.49. The maximum Gasteiger partial charge on any atom is 0.0425 e. The highest BCUT2D eigenvalue weighted by Gasteiger charge is 2.21. The first-order chi connectivity index (χ1) is 24.6. The second-order valence-corrected chi connectivity index (χ2v) is 13.3. The maximum atomic E-state index is 7.18. The largest absolute Gasteiger partial charge is 0.401 e. The summed E-state index contributed by atoms with van der Waals surface area (Å²) >= 11 is 0. The van der Waals surface area contributed by atoms with Crippen molar-refractivity contribution in [3.63, 3.8) is 0 Å². The Bertz CT molecular complexity index is 2370. The van der Waals surface area contributed by atoms with E-state index in [9.17, 15) is 0 Å². The third-order valence-corrected chi connectivity index (χ3v) is 10.3. The molecule has 1 atom stereocenters. The number of allylic oxidation sites excluding steroid dienone is 9. The van der Waals surface area contributed by atoms with E-state index in [0.29, 0.717) is 0 Å². The van der Waals surface area contributed by atoms with E-state index in [2.05, 4.69) is 177 Å². The first-order valence-corrected chi connectivity index (χ1v) is 17.7. The highest BCUT2D eigenvalue weighted by atomic mass is 14.6. The quantitative estimate of drug-likeness (QED) is 0.180. The molecular formula is C49H41N. The molecule has 1 heteroatoms. The monoisotopic (exact) mass is 643 g/mol. The Labute approximate surface area is 295 Å². The minimum Gasteiger partial charge on any atom is -0.401 e. The van der Waals surface area contributed by atoms with E-state index in [1.165, 1.54) is 71.6 Å². The molecule has 8 rings (SSSR count). The van der Waals surface area contributed by atoms with Crippen molar-refractivity contribution in [1.82, 2.24) is 0 Å². The number of nitrogens with two attached hydrogens (primary N) is 1. The Balaban J connectivity index is 1.32. The van der Waals surface area contributed by atoms with Gasteiger partial charge in [-0.15, -0.1) is 0 Å². The fourth-order valence-electron chi connectivity index (χ4n) is 7.79. The van der Waals surface area contributed by atoms with E-state index in [0.717, 1.165) is 36.1 Å². The Morgan fingerprint density at radius 2 is 1.38 bits per heavy atom. The molecule has 2 N–H and O–H groups in total. The topological polar surface area (TPSA) is 26.0 Å². The average molecular weight is 644 g/mol. The van der Waals surface area contributed by atoms with E-state index in [1.807, 2.05) is 0 Å². The van der Waals surface area contributed by atoms with Gasteiger partial charge in [-0.05, 0) is 108 Å². The number of aryl methyl sites for hydroxylation is 1. The molecule has 0 spiro atoms. The van der Waals surface area contributed by atoms with Gasteiger partial charge in [-0.2, -0.15) is 0 Å². The van der Waals surface area contributed by atoms with Gasteiger partial charge >= 0.3 is 0 Å². The summed E-state index contributed by atoms with van der Waals surface area (Å²) in [5.41, 5.74) is 21.4. The van der Waals surface area contributed by atoms with E-state index in [1.54, 1.807) is 0 Å². The molecule has 0 saturated heterocycles. The van der Waals surface area contributed by atoms with Crippen LogP contribution in [0.1, 0.15) is 47.9 Å². The van der Waals surface area contributed by atoms with Gasteiger partial charge in [-0.1, -0.05) is 171 Å². The smallest absolute Gasteiger partial charge is 0.0425 e. The summed E-state index contributed by atoms with van der Waals surface area (Å²) in [5.74, 6) is -0.0599. The molecule has 0 aromatic heterocycles. The summed E-state index contributed by atoms with van der Waals surface area (Å²) in [6, 6.07) is 44.3. The van der Waals surface area contributed by atoms with Crippen LogP contribution in [0.4, 0.5) is 0 Å². The third kappa shape index (κ3) is 5.76. The Hall–Kier alpha value is -5.92. The SMILES string of the molecule is C=C1\C=C/C(/C=C(\CC)c2ccccc2-c2c3ccccc3c(-c3ccccc3)c3ccccc23)=C(/N)C(c2ccc3c(c2)C=CCC3)/C=C\1. The van der Waals surface area contributed by atoms with Gasteiger partial charge in [0, 0.05) is 11.6 Å². The second-order valence-electron chi connectivity index (χ2n) is 13.3. The summed E-state index contributed by atoms with van der Waals surface area (Å²) < 4.78 is 0. The molecule has 6 aromatic carbocycles. The molecule has 0 fully saturated rings. The van der Waals surface area contributed by atoms with Gasteiger partial charge in [0.25, 0.3) is 0 Å². The van der Waals surface area contributed by atoms with E-state index >= 15 is 0 Å². The lowest BCUT2D eigenvalue weighted by Gasteiger charge is -2.22. The molecule has 0 saturated carbocycles. The predicted octanol–water partition coefficient (Wildman–Crippen LogP) is 12.8. The molecule has 1 unspecified atom stereocenters. The van der Waals surface area contributed by atoms with Crippen molar-refractivity contribution in [2.24, 2.45) is 5.73 Å². The van der Waals surface area contributed by atoms with E-state index in [-0.39, 0.29) is 5.92 Å². The van der Waals surface area contributed by atoms with E-state index < -0.39 is 0 Å². The van der Waals surface area contributed by atoms with Gasteiger partial charge < -0.3 is 5.73 Å². The lowest BCUT2D eigenvalue weighted by molar-refractivity contribution is 0.938. The van der Waals surface area contributed by atoms with Crippen molar-refractivity contribution in [2.45, 2.75) is 32.1 Å². The van der Waals surface area contributed by atoms with Crippen molar-refractivity contribution in [3.8, 4) is 22.3 Å². The molecule has 0 aliphatic heterocycles.